The molecule has 0 saturated carbocycles. The van der Waals surface area contributed by atoms with Gasteiger partial charge in [0.05, 0.1) is 7.11 Å². The molecule has 0 bridgehead atoms. The summed E-state index contributed by atoms with van der Waals surface area (Å²) in [7, 11) is 0.958. The molecule has 2 nitrogen and oxygen atoms in total. The smallest absolute Gasteiger partial charge is 0.0766 e. The zero-order chi connectivity index (χ0) is 8.69. The first-order chi connectivity index (χ1) is 5.20. The second kappa shape index (κ2) is 6.55. The Morgan fingerprint density at radius 3 is 1.82 bits per heavy atom. The molecule has 0 aromatic carbocycles. The maximum Gasteiger partial charge on any atom is 0.0766 e. The van der Waals surface area contributed by atoms with Gasteiger partial charge in [0.25, 0.3) is 0 Å². The van der Waals surface area contributed by atoms with Gasteiger partial charge in [-0.25, -0.2) is 0 Å². The molecule has 11 heavy (non-hydrogen) atoms. The highest BCUT2D eigenvalue weighted by atomic mass is 19.3. The van der Waals surface area contributed by atoms with Crippen molar-refractivity contribution in [2.75, 3.05) is 20.2 Å². The van der Waals surface area contributed by atoms with Crippen LogP contribution in [0.5, 0.6) is 0 Å². The molecule has 0 amide bonds. The normalized spacial score (nSPS) is 30.5. The molecule has 1 N–H and O–H groups in total. The first kappa shape index (κ1) is 10.8. The first-order valence-electron chi connectivity index (χ1n) is 4.06. The lowest BCUT2D eigenvalue weighted by molar-refractivity contribution is -0.0960. The summed E-state index contributed by atoms with van der Waals surface area (Å²) in [5, 5.41) is 3.38. The molecule has 1 heterocycles. The molecule has 1 saturated heterocycles. The summed E-state index contributed by atoms with van der Waals surface area (Å²) in [5.74, 6) is 1.80. The van der Waals surface area contributed by atoms with Crippen LogP contribution in [0.2, 0.25) is 0 Å². The lowest BCUT2D eigenvalue weighted by atomic mass is 9.94. The third-order valence-corrected chi connectivity index (χ3v) is 1.79. The standard InChI is InChI=1S/C7H15N.CH3FO/c1-6-3-7(2)5-8-4-6;1-3-2/h6-8H,3-5H2,1-2H3;1H3. The quantitative estimate of drug-likeness (QED) is 0.587. The average Bonchev–Trinajstić information content (AvgIpc) is 1.88. The second-order valence-corrected chi connectivity index (χ2v) is 3.26. The van der Waals surface area contributed by atoms with Gasteiger partial charge < -0.3 is 5.32 Å². The summed E-state index contributed by atoms with van der Waals surface area (Å²) >= 11 is 0. The van der Waals surface area contributed by atoms with Gasteiger partial charge >= 0.3 is 0 Å². The highest BCUT2D eigenvalue weighted by molar-refractivity contribution is 4.69. The van der Waals surface area contributed by atoms with E-state index in [2.05, 4.69) is 24.1 Å². The first-order valence-corrected chi connectivity index (χ1v) is 4.06. The van der Waals surface area contributed by atoms with E-state index in [1.54, 1.807) is 0 Å². The zero-order valence-corrected chi connectivity index (χ0v) is 7.56. The van der Waals surface area contributed by atoms with Gasteiger partial charge in [0.1, 0.15) is 0 Å². The Balaban J connectivity index is 0.000000292. The van der Waals surface area contributed by atoms with Gasteiger partial charge in [-0.15, -0.1) is 0 Å². The Labute approximate surface area is 68.0 Å². The lowest BCUT2D eigenvalue weighted by Gasteiger charge is -2.24. The van der Waals surface area contributed by atoms with E-state index in [4.69, 9.17) is 0 Å². The molecule has 2 atom stereocenters. The van der Waals surface area contributed by atoms with E-state index < -0.39 is 0 Å². The third-order valence-electron chi connectivity index (χ3n) is 1.79. The summed E-state index contributed by atoms with van der Waals surface area (Å²) in [6.45, 7) is 7.07. The molecular weight excluding hydrogens is 145 g/mol. The maximum absolute atomic E-state index is 9.79. The Morgan fingerprint density at radius 2 is 1.64 bits per heavy atom. The van der Waals surface area contributed by atoms with E-state index in [9.17, 15) is 4.53 Å². The van der Waals surface area contributed by atoms with Crippen LogP contribution >= 0.6 is 0 Å². The van der Waals surface area contributed by atoms with Crippen molar-refractivity contribution in [3.63, 3.8) is 0 Å². The third kappa shape index (κ3) is 6.26. The molecule has 1 aliphatic heterocycles. The van der Waals surface area contributed by atoms with Crippen molar-refractivity contribution >= 4 is 0 Å². The molecule has 1 fully saturated rings. The van der Waals surface area contributed by atoms with Gasteiger partial charge in [-0.05, 0) is 35.9 Å². The summed E-state index contributed by atoms with van der Waals surface area (Å²) < 4.78 is 9.79. The average molecular weight is 163 g/mol. The molecule has 0 radical (unpaired) electrons. The fourth-order valence-corrected chi connectivity index (χ4v) is 1.43. The monoisotopic (exact) mass is 163 g/mol. The van der Waals surface area contributed by atoms with Crippen molar-refractivity contribution in [2.45, 2.75) is 20.3 Å². The Morgan fingerprint density at radius 1 is 1.27 bits per heavy atom. The predicted molar refractivity (Wildman–Crippen MR) is 43.9 cm³/mol. The summed E-state index contributed by atoms with van der Waals surface area (Å²) in [6.07, 6.45) is 1.41. The van der Waals surface area contributed by atoms with Crippen molar-refractivity contribution in [1.82, 2.24) is 5.32 Å². The Bertz CT molecular complexity index is 82.2. The molecule has 0 aromatic heterocycles. The van der Waals surface area contributed by atoms with Crippen molar-refractivity contribution in [1.29, 1.82) is 0 Å². The molecule has 1 aliphatic rings. The minimum Gasteiger partial charge on any atom is -0.316 e. The van der Waals surface area contributed by atoms with Gasteiger partial charge in [0, 0.05) is 0 Å². The van der Waals surface area contributed by atoms with E-state index in [-0.39, 0.29) is 0 Å². The summed E-state index contributed by atoms with van der Waals surface area (Å²) in [5.41, 5.74) is 0. The lowest BCUT2D eigenvalue weighted by Crippen LogP contribution is -2.33. The van der Waals surface area contributed by atoms with Crippen LogP contribution in [0, 0.1) is 11.8 Å². The number of nitrogens with one attached hydrogen (secondary N) is 1. The largest absolute Gasteiger partial charge is 0.316 e. The highest BCUT2D eigenvalue weighted by Gasteiger charge is 2.12. The molecule has 0 spiro atoms. The number of rotatable bonds is 0. The van der Waals surface area contributed by atoms with Crippen molar-refractivity contribution in [2.24, 2.45) is 11.8 Å². The van der Waals surface area contributed by atoms with Crippen LogP contribution in [0.25, 0.3) is 0 Å². The molecule has 0 aromatic rings. The van der Waals surface area contributed by atoms with Crippen LogP contribution < -0.4 is 5.32 Å². The van der Waals surface area contributed by atoms with E-state index in [0.717, 1.165) is 18.9 Å². The highest BCUT2D eigenvalue weighted by Crippen LogP contribution is 2.13. The fourth-order valence-electron chi connectivity index (χ4n) is 1.43. The van der Waals surface area contributed by atoms with Crippen LogP contribution in [-0.4, -0.2) is 20.2 Å². The molecule has 68 valence electrons. The SMILES string of the molecule is CC1CNCC(C)C1.COF. The van der Waals surface area contributed by atoms with Crippen LogP contribution in [0.4, 0.5) is 4.53 Å². The van der Waals surface area contributed by atoms with E-state index in [0.29, 0.717) is 0 Å². The minimum atomic E-state index is 0.902. The Hall–Kier alpha value is -0.150. The topological polar surface area (TPSA) is 21.3 Å². The summed E-state index contributed by atoms with van der Waals surface area (Å²) in [6, 6.07) is 0. The van der Waals surface area contributed by atoms with Gasteiger partial charge in [-0.1, -0.05) is 13.8 Å². The van der Waals surface area contributed by atoms with Crippen LogP contribution in [-0.2, 0) is 4.94 Å². The van der Waals surface area contributed by atoms with Crippen LogP contribution in [0.1, 0.15) is 20.3 Å². The van der Waals surface area contributed by atoms with E-state index in [1.165, 1.54) is 19.5 Å². The van der Waals surface area contributed by atoms with E-state index >= 15 is 0 Å². The summed E-state index contributed by atoms with van der Waals surface area (Å²) in [4.78, 5) is 2.75. The predicted octanol–water partition coefficient (Wildman–Crippen LogP) is 1.77. The fraction of sp³-hybridized carbons (Fsp3) is 1.00. The van der Waals surface area contributed by atoms with Gasteiger partial charge in [-0.2, -0.15) is 4.94 Å². The minimum absolute atomic E-state index is 0.902. The van der Waals surface area contributed by atoms with E-state index in [1.807, 2.05) is 0 Å². The molecule has 3 heteroatoms. The van der Waals surface area contributed by atoms with Crippen molar-refractivity contribution < 1.29 is 9.47 Å². The maximum atomic E-state index is 9.79. The van der Waals surface area contributed by atoms with Crippen molar-refractivity contribution in [3.8, 4) is 0 Å². The number of hydrogen-bond donors (Lipinski definition) is 1. The Kier molecular flexibility index (Phi) is 6.46. The van der Waals surface area contributed by atoms with Crippen LogP contribution in [0.3, 0.4) is 0 Å². The van der Waals surface area contributed by atoms with Gasteiger partial charge in [0.15, 0.2) is 0 Å². The number of piperidine rings is 1. The molecule has 2 unspecified atom stereocenters. The molecular formula is C8H18FNO. The van der Waals surface area contributed by atoms with Gasteiger partial charge in [0.2, 0.25) is 0 Å². The number of hydrogen-bond acceptors (Lipinski definition) is 2. The second-order valence-electron chi connectivity index (χ2n) is 3.26. The number of halogens is 1. The molecule has 1 rings (SSSR count). The zero-order valence-electron chi connectivity index (χ0n) is 7.56. The van der Waals surface area contributed by atoms with Crippen molar-refractivity contribution in [3.05, 3.63) is 0 Å². The molecule has 0 aliphatic carbocycles. The van der Waals surface area contributed by atoms with Gasteiger partial charge in [-0.3, -0.25) is 0 Å². The van der Waals surface area contributed by atoms with Crippen LogP contribution in [0.15, 0.2) is 0 Å².